The van der Waals surface area contributed by atoms with Gasteiger partial charge in [0.1, 0.15) is 0 Å². The minimum Gasteiger partial charge on any atom is -0.289 e. The summed E-state index contributed by atoms with van der Waals surface area (Å²) in [6.07, 6.45) is 3.25. The van der Waals surface area contributed by atoms with Crippen molar-refractivity contribution in [3.05, 3.63) is 74.2 Å². The van der Waals surface area contributed by atoms with E-state index < -0.39 is 0 Å². The minimum absolute atomic E-state index is 0.139. The fourth-order valence-corrected chi connectivity index (χ4v) is 2.51. The highest BCUT2D eigenvalue weighted by molar-refractivity contribution is 9.10. The summed E-state index contributed by atoms with van der Waals surface area (Å²) < 4.78 is 0.933. The van der Waals surface area contributed by atoms with Gasteiger partial charge in [0.25, 0.3) is 0 Å². The van der Waals surface area contributed by atoms with Gasteiger partial charge < -0.3 is 0 Å². The van der Waals surface area contributed by atoms with Crippen LogP contribution in [0.5, 0.6) is 0 Å². The molecule has 0 atom stereocenters. The van der Waals surface area contributed by atoms with Crippen LogP contribution in [0, 0.1) is 0 Å². The van der Waals surface area contributed by atoms with E-state index >= 15 is 0 Å². The van der Waals surface area contributed by atoms with E-state index in [0.717, 1.165) is 10.0 Å². The molecule has 19 heavy (non-hydrogen) atoms. The zero-order chi connectivity index (χ0) is 13.8. The molecule has 0 saturated heterocycles. The molecule has 0 amide bonds. The monoisotopic (exact) mass is 354 g/mol. The number of hydrogen-bond donors (Lipinski definition) is 0. The van der Waals surface area contributed by atoms with Gasteiger partial charge in [0.05, 0.1) is 0 Å². The third kappa shape index (κ3) is 3.93. The predicted molar refractivity (Wildman–Crippen MR) is 84.0 cm³/mol. The van der Waals surface area contributed by atoms with E-state index in [9.17, 15) is 4.79 Å². The van der Waals surface area contributed by atoms with Gasteiger partial charge in [0.2, 0.25) is 0 Å². The second-order valence-corrected chi connectivity index (χ2v) is 5.60. The zero-order valence-corrected chi connectivity index (χ0v) is 12.8. The summed E-state index contributed by atoms with van der Waals surface area (Å²) in [7, 11) is 0. The number of halogens is 3. The Kier molecular flexibility index (Phi) is 4.81. The Labute approximate surface area is 130 Å². The Balaban J connectivity index is 2.24. The molecule has 0 bridgehead atoms. The number of rotatable bonds is 3. The van der Waals surface area contributed by atoms with Gasteiger partial charge >= 0.3 is 0 Å². The number of allylic oxidation sites excluding steroid dienone is 1. The van der Waals surface area contributed by atoms with E-state index in [2.05, 4.69) is 15.9 Å². The molecule has 0 heterocycles. The first kappa shape index (κ1) is 14.3. The minimum atomic E-state index is -0.139. The number of carbonyl (C=O) groups excluding carboxylic acids is 1. The largest absolute Gasteiger partial charge is 0.289 e. The molecule has 0 aliphatic rings. The third-order valence-corrected chi connectivity index (χ3v) is 3.63. The van der Waals surface area contributed by atoms with E-state index in [-0.39, 0.29) is 5.78 Å². The van der Waals surface area contributed by atoms with Crippen LogP contribution in [0.25, 0.3) is 6.08 Å². The molecule has 0 fully saturated rings. The molecule has 1 nitrogen and oxygen atoms in total. The highest BCUT2D eigenvalue weighted by Crippen LogP contribution is 2.21. The maximum atomic E-state index is 12.0. The molecular weight excluding hydrogens is 347 g/mol. The molecular formula is C15H9BrCl2O. The lowest BCUT2D eigenvalue weighted by molar-refractivity contribution is 0.104. The van der Waals surface area contributed by atoms with Crippen molar-refractivity contribution in [1.29, 1.82) is 0 Å². The van der Waals surface area contributed by atoms with Crippen molar-refractivity contribution in [2.45, 2.75) is 0 Å². The van der Waals surface area contributed by atoms with Gasteiger partial charge in [-0.05, 0) is 42.0 Å². The van der Waals surface area contributed by atoms with Gasteiger partial charge in [-0.25, -0.2) is 0 Å². The van der Waals surface area contributed by atoms with Crippen LogP contribution in [0.2, 0.25) is 10.0 Å². The highest BCUT2D eigenvalue weighted by Gasteiger charge is 2.05. The Morgan fingerprint density at radius 3 is 2.32 bits per heavy atom. The first-order valence-corrected chi connectivity index (χ1v) is 7.04. The molecule has 2 aromatic rings. The van der Waals surface area contributed by atoms with E-state index in [0.29, 0.717) is 15.6 Å². The Morgan fingerprint density at radius 1 is 1.05 bits per heavy atom. The molecule has 0 aliphatic heterocycles. The summed E-state index contributed by atoms with van der Waals surface area (Å²) in [5, 5.41) is 0.898. The van der Waals surface area contributed by atoms with Gasteiger partial charge in [-0.2, -0.15) is 0 Å². The van der Waals surface area contributed by atoms with E-state index in [4.69, 9.17) is 23.2 Å². The fraction of sp³-hybridized carbons (Fsp3) is 0. The number of carbonyl (C=O) groups is 1. The molecule has 0 aliphatic carbocycles. The van der Waals surface area contributed by atoms with Crippen LogP contribution >= 0.6 is 39.1 Å². The second-order valence-electron chi connectivity index (χ2n) is 3.88. The smallest absolute Gasteiger partial charge is 0.185 e. The average molecular weight is 356 g/mol. The van der Waals surface area contributed by atoms with Crippen LogP contribution in [-0.4, -0.2) is 5.78 Å². The highest BCUT2D eigenvalue weighted by atomic mass is 79.9. The lowest BCUT2D eigenvalue weighted by Gasteiger charge is -2.00. The molecule has 0 saturated carbocycles. The number of ketones is 1. The first-order chi connectivity index (χ1) is 9.06. The van der Waals surface area contributed by atoms with Gasteiger partial charge in [-0.15, -0.1) is 0 Å². The standard InChI is InChI=1S/C15H9BrCl2O/c16-14-4-2-1-3-10(14)5-6-15(19)11-7-12(17)9-13(18)8-11/h1-9H. The first-order valence-electron chi connectivity index (χ1n) is 5.49. The molecule has 2 rings (SSSR count). The van der Waals surface area contributed by atoms with E-state index in [1.165, 1.54) is 6.08 Å². The molecule has 4 heteroatoms. The van der Waals surface area contributed by atoms with Crippen molar-refractivity contribution in [2.75, 3.05) is 0 Å². The van der Waals surface area contributed by atoms with Gasteiger partial charge in [-0.1, -0.05) is 57.3 Å². The molecule has 2 aromatic carbocycles. The summed E-state index contributed by atoms with van der Waals surface area (Å²) in [5.41, 5.74) is 1.41. The van der Waals surface area contributed by atoms with Crippen LogP contribution in [0.1, 0.15) is 15.9 Å². The quantitative estimate of drug-likeness (QED) is 0.513. The predicted octanol–water partition coefficient (Wildman–Crippen LogP) is 5.65. The van der Waals surface area contributed by atoms with Gasteiger partial charge in [0, 0.05) is 20.1 Å². The van der Waals surface area contributed by atoms with Crippen LogP contribution in [0.3, 0.4) is 0 Å². The zero-order valence-electron chi connectivity index (χ0n) is 9.74. The van der Waals surface area contributed by atoms with E-state index in [1.807, 2.05) is 24.3 Å². The Hall–Kier alpha value is -1.09. The Bertz CT molecular complexity index is 630. The van der Waals surface area contributed by atoms with Gasteiger partial charge in [-0.3, -0.25) is 4.79 Å². The summed E-state index contributed by atoms with van der Waals surface area (Å²) in [6.45, 7) is 0. The summed E-state index contributed by atoms with van der Waals surface area (Å²) in [4.78, 5) is 12.0. The van der Waals surface area contributed by atoms with Crippen molar-refractivity contribution < 1.29 is 4.79 Å². The van der Waals surface area contributed by atoms with Crippen molar-refractivity contribution in [1.82, 2.24) is 0 Å². The lowest BCUT2D eigenvalue weighted by atomic mass is 10.1. The van der Waals surface area contributed by atoms with Crippen molar-refractivity contribution >= 4 is 51.0 Å². The molecule has 0 unspecified atom stereocenters. The maximum absolute atomic E-state index is 12.0. The number of hydrogen-bond acceptors (Lipinski definition) is 1. The summed E-state index contributed by atoms with van der Waals surface area (Å²) >= 11 is 15.2. The molecule has 0 radical (unpaired) electrons. The Morgan fingerprint density at radius 2 is 1.68 bits per heavy atom. The maximum Gasteiger partial charge on any atom is 0.185 e. The van der Waals surface area contributed by atoms with Crippen LogP contribution in [-0.2, 0) is 0 Å². The van der Waals surface area contributed by atoms with Gasteiger partial charge in [0.15, 0.2) is 5.78 Å². The third-order valence-electron chi connectivity index (χ3n) is 2.47. The second kappa shape index (κ2) is 6.38. The van der Waals surface area contributed by atoms with Crippen molar-refractivity contribution in [3.8, 4) is 0 Å². The average Bonchev–Trinajstić information content (AvgIpc) is 2.36. The fourth-order valence-electron chi connectivity index (χ4n) is 1.57. The summed E-state index contributed by atoms with van der Waals surface area (Å²) in [5.74, 6) is -0.139. The van der Waals surface area contributed by atoms with Crippen LogP contribution in [0.15, 0.2) is 53.0 Å². The lowest BCUT2D eigenvalue weighted by Crippen LogP contribution is -1.94. The molecule has 0 N–H and O–H groups in total. The molecule has 0 spiro atoms. The van der Waals surface area contributed by atoms with Crippen molar-refractivity contribution in [3.63, 3.8) is 0 Å². The van der Waals surface area contributed by atoms with Crippen LogP contribution < -0.4 is 0 Å². The normalized spacial score (nSPS) is 10.9. The molecule has 0 aromatic heterocycles. The van der Waals surface area contributed by atoms with Crippen molar-refractivity contribution in [2.24, 2.45) is 0 Å². The SMILES string of the molecule is O=C(C=Cc1ccccc1Br)c1cc(Cl)cc(Cl)c1. The molecule has 96 valence electrons. The summed E-state index contributed by atoms with van der Waals surface area (Å²) in [6, 6.07) is 12.4. The number of benzene rings is 2. The van der Waals surface area contributed by atoms with Crippen LogP contribution in [0.4, 0.5) is 0 Å². The topological polar surface area (TPSA) is 17.1 Å². The van der Waals surface area contributed by atoms with E-state index in [1.54, 1.807) is 24.3 Å².